The Morgan fingerprint density at radius 2 is 2.23 bits per heavy atom. The average Bonchev–Trinajstić information content (AvgIpc) is 3.48. The summed E-state index contributed by atoms with van der Waals surface area (Å²) in [5.74, 6) is 1.30. The standard InChI is InChI=1S/C19H15ClN6O3S/c1-3-28-19(27)15-10(2)14-17-23-16(24-26(17)9-21-18(14)30-15)13-5-4-12(29-13)8-25-7-11(20)6-22-25/h4-7,9H,3,8H2,1-2H3. The van der Waals surface area contributed by atoms with Crippen molar-refractivity contribution >= 4 is 44.8 Å². The van der Waals surface area contributed by atoms with Gasteiger partial charge in [0, 0.05) is 6.20 Å². The molecule has 0 aromatic carbocycles. The number of ether oxygens (including phenoxy) is 1. The van der Waals surface area contributed by atoms with E-state index in [0.717, 1.165) is 10.9 Å². The van der Waals surface area contributed by atoms with Gasteiger partial charge >= 0.3 is 5.97 Å². The first kappa shape index (κ1) is 18.8. The van der Waals surface area contributed by atoms with Crippen LogP contribution in [0.2, 0.25) is 5.02 Å². The number of furan rings is 1. The van der Waals surface area contributed by atoms with Crippen molar-refractivity contribution in [2.45, 2.75) is 20.4 Å². The van der Waals surface area contributed by atoms with Gasteiger partial charge in [-0.2, -0.15) is 5.10 Å². The van der Waals surface area contributed by atoms with Crippen molar-refractivity contribution in [2.75, 3.05) is 6.61 Å². The van der Waals surface area contributed by atoms with Crippen LogP contribution in [-0.4, -0.2) is 41.9 Å². The minimum atomic E-state index is -0.356. The lowest BCUT2D eigenvalue weighted by atomic mass is 10.2. The Kier molecular flexibility index (Phi) is 4.52. The second-order valence-corrected chi connectivity index (χ2v) is 7.96. The Balaban J connectivity index is 1.53. The summed E-state index contributed by atoms with van der Waals surface area (Å²) >= 11 is 7.19. The molecule has 5 rings (SSSR count). The fourth-order valence-corrected chi connectivity index (χ4v) is 4.39. The van der Waals surface area contributed by atoms with Crippen LogP contribution in [0.4, 0.5) is 0 Å². The van der Waals surface area contributed by atoms with Gasteiger partial charge in [0.25, 0.3) is 0 Å². The van der Waals surface area contributed by atoms with Crippen molar-refractivity contribution in [3.05, 3.63) is 52.1 Å². The third-order valence-corrected chi connectivity index (χ3v) is 5.90. The molecule has 152 valence electrons. The van der Waals surface area contributed by atoms with Gasteiger partial charge < -0.3 is 9.15 Å². The maximum absolute atomic E-state index is 12.2. The number of carbonyl (C=O) groups excluding carboxylic acids is 1. The summed E-state index contributed by atoms with van der Waals surface area (Å²) in [6.45, 7) is 4.40. The van der Waals surface area contributed by atoms with Crippen LogP contribution in [0, 0.1) is 6.92 Å². The topological polar surface area (TPSA) is 100 Å². The normalized spacial score (nSPS) is 11.6. The summed E-state index contributed by atoms with van der Waals surface area (Å²) in [5.41, 5.74) is 1.39. The van der Waals surface area contributed by atoms with Crippen LogP contribution in [-0.2, 0) is 11.3 Å². The molecular weight excluding hydrogens is 428 g/mol. The van der Waals surface area contributed by atoms with Crippen molar-refractivity contribution in [2.24, 2.45) is 0 Å². The molecule has 0 saturated carbocycles. The smallest absolute Gasteiger partial charge is 0.348 e. The predicted molar refractivity (Wildman–Crippen MR) is 111 cm³/mol. The SMILES string of the molecule is CCOC(=O)c1sc2ncn3nc(-c4ccc(Cn5cc(Cl)cn5)o4)nc3c2c1C. The quantitative estimate of drug-likeness (QED) is 0.379. The first-order valence-corrected chi connectivity index (χ1v) is 10.3. The fraction of sp³-hybridized carbons (Fsp3) is 0.211. The summed E-state index contributed by atoms with van der Waals surface area (Å²) in [4.78, 5) is 22.5. The third kappa shape index (κ3) is 3.14. The summed E-state index contributed by atoms with van der Waals surface area (Å²) < 4.78 is 14.3. The van der Waals surface area contributed by atoms with Gasteiger partial charge in [0.1, 0.15) is 21.8 Å². The molecule has 0 aliphatic rings. The molecule has 11 heteroatoms. The number of esters is 1. The van der Waals surface area contributed by atoms with Gasteiger partial charge in [0.15, 0.2) is 11.4 Å². The predicted octanol–water partition coefficient (Wildman–Crippen LogP) is 3.98. The molecule has 0 unspecified atom stereocenters. The van der Waals surface area contributed by atoms with Gasteiger partial charge in [-0.25, -0.2) is 19.3 Å². The van der Waals surface area contributed by atoms with Crippen molar-refractivity contribution < 1.29 is 13.9 Å². The number of thiophene rings is 1. The molecule has 0 bridgehead atoms. The maximum atomic E-state index is 12.2. The largest absolute Gasteiger partial charge is 0.462 e. The highest BCUT2D eigenvalue weighted by molar-refractivity contribution is 7.20. The lowest BCUT2D eigenvalue weighted by molar-refractivity contribution is 0.0531. The van der Waals surface area contributed by atoms with Crippen LogP contribution in [0.5, 0.6) is 0 Å². The van der Waals surface area contributed by atoms with E-state index in [2.05, 4.69) is 20.2 Å². The average molecular weight is 443 g/mol. The lowest BCUT2D eigenvalue weighted by Crippen LogP contribution is -2.03. The minimum absolute atomic E-state index is 0.315. The molecule has 9 nitrogen and oxygen atoms in total. The number of carbonyl (C=O) groups is 1. The first-order valence-electron chi connectivity index (χ1n) is 9.12. The van der Waals surface area contributed by atoms with E-state index in [4.69, 9.17) is 20.8 Å². The fourth-order valence-electron chi connectivity index (χ4n) is 3.20. The van der Waals surface area contributed by atoms with E-state index >= 15 is 0 Å². The molecule has 0 N–H and O–H groups in total. The van der Waals surface area contributed by atoms with Crippen molar-refractivity contribution in [1.82, 2.24) is 29.4 Å². The molecule has 0 amide bonds. The number of aryl methyl sites for hydroxylation is 1. The van der Waals surface area contributed by atoms with E-state index in [-0.39, 0.29) is 5.97 Å². The molecule has 0 aliphatic carbocycles. The van der Waals surface area contributed by atoms with Gasteiger partial charge in [0.2, 0.25) is 5.82 Å². The van der Waals surface area contributed by atoms with Crippen LogP contribution in [0.25, 0.3) is 27.4 Å². The zero-order valence-electron chi connectivity index (χ0n) is 16.0. The summed E-state index contributed by atoms with van der Waals surface area (Å²) in [6.07, 6.45) is 4.87. The van der Waals surface area contributed by atoms with Crippen LogP contribution in [0.3, 0.4) is 0 Å². The molecular formula is C19H15ClN6O3S. The summed E-state index contributed by atoms with van der Waals surface area (Å²) in [6, 6.07) is 3.66. The Hall–Kier alpha value is -3.24. The molecule has 0 radical (unpaired) electrons. The number of aromatic nitrogens is 6. The number of rotatable bonds is 5. The molecule has 0 aliphatic heterocycles. The van der Waals surface area contributed by atoms with Crippen molar-refractivity contribution in [3.63, 3.8) is 0 Å². The Morgan fingerprint density at radius 1 is 1.37 bits per heavy atom. The van der Waals surface area contributed by atoms with Crippen molar-refractivity contribution in [1.29, 1.82) is 0 Å². The second kappa shape index (κ2) is 7.22. The third-order valence-electron chi connectivity index (χ3n) is 4.53. The van der Waals surface area contributed by atoms with E-state index in [1.165, 1.54) is 11.3 Å². The Morgan fingerprint density at radius 3 is 3.00 bits per heavy atom. The minimum Gasteiger partial charge on any atom is -0.462 e. The molecule has 0 atom stereocenters. The van der Waals surface area contributed by atoms with Gasteiger partial charge in [0.05, 0.1) is 29.8 Å². The van der Waals surface area contributed by atoms with Gasteiger partial charge in [-0.05, 0) is 31.5 Å². The monoisotopic (exact) mass is 442 g/mol. The van der Waals surface area contributed by atoms with E-state index in [1.54, 1.807) is 34.8 Å². The molecule has 0 saturated heterocycles. The second-order valence-electron chi connectivity index (χ2n) is 6.53. The van der Waals surface area contributed by atoms with Gasteiger partial charge in [-0.15, -0.1) is 16.4 Å². The molecule has 30 heavy (non-hydrogen) atoms. The Bertz CT molecular complexity index is 1400. The lowest BCUT2D eigenvalue weighted by Gasteiger charge is -1.99. The molecule has 5 aromatic heterocycles. The van der Waals surface area contributed by atoms with E-state index in [0.29, 0.717) is 50.9 Å². The highest BCUT2D eigenvalue weighted by Crippen LogP contribution is 2.33. The number of halogens is 1. The molecule has 0 fully saturated rings. The number of nitrogens with zero attached hydrogens (tertiary/aromatic N) is 6. The molecule has 5 aromatic rings. The number of hydrogen-bond donors (Lipinski definition) is 0. The first-order chi connectivity index (χ1) is 14.5. The molecule has 5 heterocycles. The number of hydrogen-bond acceptors (Lipinski definition) is 8. The highest BCUT2D eigenvalue weighted by atomic mass is 35.5. The molecule has 0 spiro atoms. The highest BCUT2D eigenvalue weighted by Gasteiger charge is 2.22. The number of fused-ring (bicyclic) bond motifs is 3. The van der Waals surface area contributed by atoms with Crippen LogP contribution in [0.15, 0.2) is 35.3 Å². The van der Waals surface area contributed by atoms with Gasteiger partial charge in [-0.1, -0.05) is 11.6 Å². The van der Waals surface area contributed by atoms with E-state index in [1.807, 2.05) is 19.1 Å². The summed E-state index contributed by atoms with van der Waals surface area (Å²) in [5, 5.41) is 9.97. The van der Waals surface area contributed by atoms with Crippen LogP contribution >= 0.6 is 22.9 Å². The van der Waals surface area contributed by atoms with Gasteiger partial charge in [-0.3, -0.25) is 4.68 Å². The van der Waals surface area contributed by atoms with E-state index < -0.39 is 0 Å². The zero-order chi connectivity index (χ0) is 20.8. The summed E-state index contributed by atoms with van der Waals surface area (Å²) in [7, 11) is 0. The van der Waals surface area contributed by atoms with E-state index in [9.17, 15) is 4.79 Å². The maximum Gasteiger partial charge on any atom is 0.348 e. The Labute approximate surface area is 178 Å². The zero-order valence-corrected chi connectivity index (χ0v) is 17.6. The van der Waals surface area contributed by atoms with Crippen LogP contribution in [0.1, 0.15) is 27.9 Å². The van der Waals surface area contributed by atoms with Crippen molar-refractivity contribution in [3.8, 4) is 11.6 Å². The van der Waals surface area contributed by atoms with Crippen LogP contribution < -0.4 is 0 Å².